The van der Waals surface area contributed by atoms with E-state index in [-0.39, 0.29) is 35.8 Å². The molecule has 1 fully saturated rings. The van der Waals surface area contributed by atoms with Gasteiger partial charge in [0.1, 0.15) is 23.0 Å². The van der Waals surface area contributed by atoms with Crippen molar-refractivity contribution in [2.45, 2.75) is 13.3 Å². The second-order valence-corrected chi connectivity index (χ2v) is 10.1. The number of anilines is 3. The average molecular weight is 598 g/mol. The Balaban J connectivity index is 1.64. The van der Waals surface area contributed by atoms with E-state index in [0.717, 1.165) is 31.9 Å². The molecule has 1 aliphatic rings. The summed E-state index contributed by atoms with van der Waals surface area (Å²) in [6.45, 7) is 5.38. The minimum atomic E-state index is -0.787. The number of carbonyl (C=O) groups excluding carboxylic acids is 2. The van der Waals surface area contributed by atoms with Gasteiger partial charge in [-0.25, -0.2) is 14.8 Å². The number of piperazine rings is 1. The number of halogens is 2. The molecule has 0 spiro atoms. The SMILES string of the molecule is CCOC(=O)c1cn2c(Cc3c(Cl)cccc3Cl)nc(Nc3ccc(N4CCNCC4)cc3OC)c(C(N)=O)c2n1. The van der Waals surface area contributed by atoms with E-state index in [1.807, 2.05) is 18.2 Å². The van der Waals surface area contributed by atoms with E-state index in [9.17, 15) is 9.59 Å². The van der Waals surface area contributed by atoms with Gasteiger partial charge < -0.3 is 30.7 Å². The molecule has 0 atom stereocenters. The lowest BCUT2D eigenvalue weighted by molar-refractivity contribution is 0.0520. The first-order valence-corrected chi connectivity index (χ1v) is 13.8. The highest BCUT2D eigenvalue weighted by Crippen LogP contribution is 2.34. The molecule has 3 heterocycles. The Morgan fingerprint density at radius 1 is 1.12 bits per heavy atom. The van der Waals surface area contributed by atoms with Gasteiger partial charge in [0, 0.05) is 60.6 Å². The van der Waals surface area contributed by atoms with E-state index < -0.39 is 11.9 Å². The molecule has 4 aromatic rings. The molecule has 214 valence electrons. The smallest absolute Gasteiger partial charge is 0.358 e. The summed E-state index contributed by atoms with van der Waals surface area (Å²) in [5.74, 6) is -0.346. The van der Waals surface area contributed by atoms with E-state index in [2.05, 4.69) is 20.5 Å². The zero-order valence-corrected chi connectivity index (χ0v) is 24.1. The number of primary amides is 1. The fourth-order valence-corrected chi connectivity index (χ4v) is 5.26. The van der Waals surface area contributed by atoms with Crippen LogP contribution in [-0.4, -0.2) is 66.1 Å². The molecule has 1 saturated heterocycles. The first-order chi connectivity index (χ1) is 19.8. The van der Waals surface area contributed by atoms with Crippen molar-refractivity contribution in [3.63, 3.8) is 0 Å². The lowest BCUT2D eigenvalue weighted by atomic mass is 10.1. The molecule has 41 heavy (non-hydrogen) atoms. The fourth-order valence-electron chi connectivity index (χ4n) is 4.73. The Hall–Kier alpha value is -4.06. The number of carbonyl (C=O) groups is 2. The lowest BCUT2D eigenvalue weighted by Gasteiger charge is -2.30. The molecule has 2 aromatic heterocycles. The van der Waals surface area contributed by atoms with Gasteiger partial charge in [-0.2, -0.15) is 0 Å². The van der Waals surface area contributed by atoms with Crippen LogP contribution in [0.4, 0.5) is 17.2 Å². The molecule has 0 aliphatic carbocycles. The van der Waals surface area contributed by atoms with Crippen LogP contribution < -0.4 is 26.0 Å². The molecule has 0 unspecified atom stereocenters. The summed E-state index contributed by atoms with van der Waals surface area (Å²) < 4.78 is 12.4. The lowest BCUT2D eigenvalue weighted by Crippen LogP contribution is -2.43. The van der Waals surface area contributed by atoms with Crippen molar-refractivity contribution in [2.75, 3.05) is 50.1 Å². The number of nitrogens with one attached hydrogen (secondary N) is 2. The van der Waals surface area contributed by atoms with Gasteiger partial charge in [0.25, 0.3) is 5.91 Å². The van der Waals surface area contributed by atoms with Crippen LogP contribution in [0.2, 0.25) is 10.0 Å². The molecule has 5 rings (SSSR count). The number of rotatable bonds is 9. The van der Waals surface area contributed by atoms with Crippen molar-refractivity contribution >= 4 is 57.9 Å². The van der Waals surface area contributed by atoms with Gasteiger partial charge >= 0.3 is 5.97 Å². The van der Waals surface area contributed by atoms with E-state index in [4.69, 9.17) is 43.4 Å². The fraction of sp³-hybridized carbons (Fsp3) is 0.286. The van der Waals surface area contributed by atoms with Gasteiger partial charge in [0.2, 0.25) is 0 Å². The molecule has 1 aliphatic heterocycles. The number of fused-ring (bicyclic) bond motifs is 1. The predicted octanol–water partition coefficient (Wildman–Crippen LogP) is 4.06. The van der Waals surface area contributed by atoms with Crippen molar-refractivity contribution in [1.82, 2.24) is 19.7 Å². The molecular weight excluding hydrogens is 569 g/mol. The third kappa shape index (κ3) is 5.88. The maximum absolute atomic E-state index is 12.8. The van der Waals surface area contributed by atoms with Crippen LogP contribution in [0, 0.1) is 0 Å². The standard InChI is InChI=1S/C28H29Cl2N7O4/c1-3-41-28(39)21-15-37-23(14-17-18(29)5-4-6-19(17)30)35-26(24(25(31)38)27(37)34-21)33-20-8-7-16(13-22(20)40-2)36-11-9-32-10-12-36/h4-8,13,15,32-33H,3,9-12,14H2,1-2H3,(H2,31,38). The van der Waals surface area contributed by atoms with Gasteiger partial charge in [-0.1, -0.05) is 29.3 Å². The maximum Gasteiger partial charge on any atom is 0.358 e. The zero-order valence-electron chi connectivity index (χ0n) is 22.5. The van der Waals surface area contributed by atoms with Gasteiger partial charge in [-0.15, -0.1) is 0 Å². The first-order valence-electron chi connectivity index (χ1n) is 13.0. The van der Waals surface area contributed by atoms with E-state index >= 15 is 0 Å². The molecule has 4 N–H and O–H groups in total. The van der Waals surface area contributed by atoms with Crippen LogP contribution in [0.3, 0.4) is 0 Å². The van der Waals surface area contributed by atoms with Gasteiger partial charge in [0.05, 0.1) is 19.4 Å². The monoisotopic (exact) mass is 597 g/mol. The van der Waals surface area contributed by atoms with Crippen molar-refractivity contribution < 1.29 is 19.1 Å². The number of ether oxygens (including phenoxy) is 2. The summed E-state index contributed by atoms with van der Waals surface area (Å²) >= 11 is 12.9. The minimum Gasteiger partial charge on any atom is -0.494 e. The predicted molar refractivity (Wildman–Crippen MR) is 158 cm³/mol. The quantitative estimate of drug-likeness (QED) is 0.244. The number of nitrogens with zero attached hydrogens (tertiary/aromatic N) is 4. The Kier molecular flexibility index (Phi) is 8.48. The number of hydrogen-bond acceptors (Lipinski definition) is 9. The number of methoxy groups -OCH3 is 1. The maximum atomic E-state index is 12.8. The summed E-state index contributed by atoms with van der Waals surface area (Å²) in [5.41, 5.74) is 8.15. The van der Waals surface area contributed by atoms with Gasteiger partial charge in [-0.3, -0.25) is 9.20 Å². The van der Waals surface area contributed by atoms with Crippen LogP contribution in [0.5, 0.6) is 5.75 Å². The zero-order chi connectivity index (χ0) is 29.1. The van der Waals surface area contributed by atoms with Crippen LogP contribution in [0.25, 0.3) is 5.65 Å². The van der Waals surface area contributed by atoms with Crippen molar-refractivity contribution in [1.29, 1.82) is 0 Å². The second-order valence-electron chi connectivity index (χ2n) is 9.28. The van der Waals surface area contributed by atoms with E-state index in [1.54, 1.807) is 32.2 Å². The number of benzene rings is 2. The van der Waals surface area contributed by atoms with Crippen LogP contribution in [0.15, 0.2) is 42.6 Å². The third-order valence-electron chi connectivity index (χ3n) is 6.73. The molecule has 0 bridgehead atoms. The Morgan fingerprint density at radius 2 is 1.85 bits per heavy atom. The van der Waals surface area contributed by atoms with E-state index in [0.29, 0.717) is 32.9 Å². The number of hydrogen-bond donors (Lipinski definition) is 3. The largest absolute Gasteiger partial charge is 0.494 e. The molecule has 2 aromatic carbocycles. The van der Waals surface area contributed by atoms with Gasteiger partial charge in [0.15, 0.2) is 11.3 Å². The average Bonchev–Trinajstić information content (AvgIpc) is 3.41. The second kappa shape index (κ2) is 12.2. The number of nitrogens with two attached hydrogens (primary N) is 1. The molecule has 0 radical (unpaired) electrons. The number of aromatic nitrogens is 3. The van der Waals surface area contributed by atoms with Crippen LogP contribution in [0.1, 0.15) is 39.2 Å². The number of amides is 1. The minimum absolute atomic E-state index is 0.00207. The summed E-state index contributed by atoms with van der Waals surface area (Å²) in [4.78, 5) is 36.8. The molecule has 0 saturated carbocycles. The summed E-state index contributed by atoms with van der Waals surface area (Å²) in [7, 11) is 1.57. The Bertz CT molecular complexity index is 1600. The first kappa shape index (κ1) is 28.5. The Labute approximate surface area is 246 Å². The van der Waals surface area contributed by atoms with Crippen molar-refractivity contribution in [3.8, 4) is 5.75 Å². The summed E-state index contributed by atoms with van der Waals surface area (Å²) in [6.07, 6.45) is 1.62. The van der Waals surface area contributed by atoms with Crippen LogP contribution in [-0.2, 0) is 11.2 Å². The highest BCUT2D eigenvalue weighted by atomic mass is 35.5. The third-order valence-corrected chi connectivity index (χ3v) is 7.44. The van der Waals surface area contributed by atoms with E-state index in [1.165, 1.54) is 10.6 Å². The van der Waals surface area contributed by atoms with Crippen LogP contribution >= 0.6 is 23.2 Å². The molecular formula is C28H29Cl2N7O4. The molecule has 11 nitrogen and oxygen atoms in total. The Morgan fingerprint density at radius 3 is 2.51 bits per heavy atom. The highest BCUT2D eigenvalue weighted by molar-refractivity contribution is 6.36. The number of imidazole rings is 1. The molecule has 13 heteroatoms. The normalized spacial score (nSPS) is 13.3. The topological polar surface area (TPSA) is 136 Å². The number of esters is 1. The summed E-state index contributed by atoms with van der Waals surface area (Å²) in [6, 6.07) is 10.9. The van der Waals surface area contributed by atoms with Crippen molar-refractivity contribution in [3.05, 3.63) is 75.3 Å². The molecule has 1 amide bonds. The van der Waals surface area contributed by atoms with Crippen molar-refractivity contribution in [2.24, 2.45) is 5.73 Å². The highest BCUT2D eigenvalue weighted by Gasteiger charge is 2.25. The summed E-state index contributed by atoms with van der Waals surface area (Å²) in [5, 5.41) is 7.44. The van der Waals surface area contributed by atoms with Gasteiger partial charge in [-0.05, 0) is 36.8 Å².